The average Bonchev–Trinajstić information content (AvgIpc) is 2.24. The van der Waals surface area contributed by atoms with E-state index in [0.29, 0.717) is 0 Å². The van der Waals surface area contributed by atoms with Crippen LogP contribution in [-0.2, 0) is 4.79 Å². The van der Waals surface area contributed by atoms with E-state index in [4.69, 9.17) is 0 Å². The normalized spacial score (nSPS) is 16.6. The van der Waals surface area contributed by atoms with Gasteiger partial charge < -0.3 is 10.2 Å². The fourth-order valence-corrected chi connectivity index (χ4v) is 2.08. The average molecular weight is 249 g/mol. The second-order valence-corrected chi connectivity index (χ2v) is 4.45. The van der Waals surface area contributed by atoms with Crippen molar-refractivity contribution < 1.29 is 4.79 Å². The van der Waals surface area contributed by atoms with Crippen LogP contribution in [0.3, 0.4) is 0 Å². The number of unbranched alkanes of at least 4 members (excludes halogenated alkanes) is 2. The first-order valence-corrected chi connectivity index (χ1v) is 6.26. The van der Waals surface area contributed by atoms with Gasteiger partial charge in [-0.1, -0.05) is 12.8 Å². The Morgan fingerprint density at radius 3 is 2.44 bits per heavy atom. The van der Waals surface area contributed by atoms with E-state index in [0.717, 1.165) is 13.0 Å². The van der Waals surface area contributed by atoms with Crippen molar-refractivity contribution in [2.45, 2.75) is 45.4 Å². The second kappa shape index (κ2) is 9.91. The summed E-state index contributed by atoms with van der Waals surface area (Å²) in [5, 5.41) is 2.83. The van der Waals surface area contributed by atoms with Crippen molar-refractivity contribution >= 4 is 18.3 Å². The number of carbonyl (C=O) groups excluding carboxylic acids is 1. The third kappa shape index (κ3) is 7.94. The highest BCUT2D eigenvalue weighted by Crippen LogP contribution is 2.09. The third-order valence-corrected chi connectivity index (χ3v) is 2.97. The Hall–Kier alpha value is -0.280. The fraction of sp³-hybridized carbons (Fsp3) is 0.917. The first-order chi connectivity index (χ1) is 7.29. The van der Waals surface area contributed by atoms with E-state index < -0.39 is 0 Å². The summed E-state index contributed by atoms with van der Waals surface area (Å²) in [5.74, 6) is 0.0889. The SMILES string of the molecule is CC(=O)NCCCCCN1CCCCC1.Cl. The molecule has 0 aliphatic carbocycles. The molecule has 1 aliphatic heterocycles. The van der Waals surface area contributed by atoms with Gasteiger partial charge in [0.2, 0.25) is 5.91 Å². The van der Waals surface area contributed by atoms with Crippen LogP contribution in [0.1, 0.15) is 45.4 Å². The lowest BCUT2D eigenvalue weighted by Gasteiger charge is -2.26. The number of amides is 1. The van der Waals surface area contributed by atoms with E-state index >= 15 is 0 Å². The predicted octanol–water partition coefficient (Wildman–Crippen LogP) is 2.20. The van der Waals surface area contributed by atoms with Crippen LogP contribution < -0.4 is 5.32 Å². The molecule has 0 aromatic heterocycles. The summed E-state index contributed by atoms with van der Waals surface area (Å²) in [6, 6.07) is 0. The lowest BCUT2D eigenvalue weighted by atomic mass is 10.1. The maximum Gasteiger partial charge on any atom is 0.216 e. The molecule has 0 spiro atoms. The van der Waals surface area contributed by atoms with Gasteiger partial charge in [0.05, 0.1) is 0 Å². The van der Waals surface area contributed by atoms with Gasteiger partial charge in [-0.3, -0.25) is 4.79 Å². The summed E-state index contributed by atoms with van der Waals surface area (Å²) < 4.78 is 0. The zero-order valence-electron chi connectivity index (χ0n) is 10.3. The number of halogens is 1. The monoisotopic (exact) mass is 248 g/mol. The third-order valence-electron chi connectivity index (χ3n) is 2.97. The summed E-state index contributed by atoms with van der Waals surface area (Å²) in [6.07, 6.45) is 7.81. The number of carbonyl (C=O) groups is 1. The molecule has 1 N–H and O–H groups in total. The van der Waals surface area contributed by atoms with Gasteiger partial charge in [-0.05, 0) is 45.3 Å². The molecule has 0 atom stereocenters. The highest BCUT2D eigenvalue weighted by molar-refractivity contribution is 5.85. The van der Waals surface area contributed by atoms with Gasteiger partial charge in [0.1, 0.15) is 0 Å². The smallest absolute Gasteiger partial charge is 0.216 e. The molecule has 0 saturated carbocycles. The molecule has 1 rings (SSSR count). The van der Waals surface area contributed by atoms with Gasteiger partial charge in [0.15, 0.2) is 0 Å². The number of hydrogen-bond acceptors (Lipinski definition) is 2. The maximum atomic E-state index is 10.6. The number of rotatable bonds is 6. The van der Waals surface area contributed by atoms with Gasteiger partial charge in [-0.25, -0.2) is 0 Å². The Balaban J connectivity index is 0.00000225. The topological polar surface area (TPSA) is 32.3 Å². The fourth-order valence-electron chi connectivity index (χ4n) is 2.08. The van der Waals surface area contributed by atoms with E-state index in [1.165, 1.54) is 51.7 Å². The zero-order valence-corrected chi connectivity index (χ0v) is 11.2. The minimum absolute atomic E-state index is 0. The molecule has 3 nitrogen and oxygen atoms in total. The second-order valence-electron chi connectivity index (χ2n) is 4.45. The molecule has 1 heterocycles. The summed E-state index contributed by atoms with van der Waals surface area (Å²) in [7, 11) is 0. The minimum atomic E-state index is 0. The van der Waals surface area contributed by atoms with E-state index in [-0.39, 0.29) is 18.3 Å². The minimum Gasteiger partial charge on any atom is -0.356 e. The van der Waals surface area contributed by atoms with Crippen molar-refractivity contribution in [1.82, 2.24) is 10.2 Å². The molecular weight excluding hydrogens is 224 g/mol. The van der Waals surface area contributed by atoms with Crippen LogP contribution in [0.5, 0.6) is 0 Å². The van der Waals surface area contributed by atoms with Crippen LogP contribution >= 0.6 is 12.4 Å². The molecule has 0 aromatic rings. The van der Waals surface area contributed by atoms with Crippen LogP contribution in [0.25, 0.3) is 0 Å². The number of piperidine rings is 1. The van der Waals surface area contributed by atoms with Crippen molar-refractivity contribution in [3.63, 3.8) is 0 Å². The quantitative estimate of drug-likeness (QED) is 0.731. The van der Waals surface area contributed by atoms with E-state index in [1.54, 1.807) is 6.92 Å². The van der Waals surface area contributed by atoms with Crippen LogP contribution in [0, 0.1) is 0 Å². The highest BCUT2D eigenvalue weighted by Gasteiger charge is 2.08. The first-order valence-electron chi connectivity index (χ1n) is 6.26. The maximum absolute atomic E-state index is 10.6. The molecule has 1 saturated heterocycles. The molecule has 96 valence electrons. The molecule has 0 aromatic carbocycles. The zero-order chi connectivity index (χ0) is 10.9. The Kier molecular flexibility index (Phi) is 9.74. The molecule has 0 unspecified atom stereocenters. The summed E-state index contributed by atoms with van der Waals surface area (Å²) >= 11 is 0. The molecule has 0 radical (unpaired) electrons. The van der Waals surface area contributed by atoms with Gasteiger partial charge >= 0.3 is 0 Å². The molecule has 1 aliphatic rings. The summed E-state index contributed by atoms with van der Waals surface area (Å²) in [4.78, 5) is 13.2. The summed E-state index contributed by atoms with van der Waals surface area (Å²) in [6.45, 7) is 6.26. The Labute approximate surface area is 105 Å². The largest absolute Gasteiger partial charge is 0.356 e. The number of nitrogens with one attached hydrogen (secondary N) is 1. The molecule has 1 fully saturated rings. The number of hydrogen-bond donors (Lipinski definition) is 1. The van der Waals surface area contributed by atoms with Crippen LogP contribution in [-0.4, -0.2) is 37.0 Å². The van der Waals surface area contributed by atoms with Gasteiger partial charge in [0.25, 0.3) is 0 Å². The molecule has 16 heavy (non-hydrogen) atoms. The Bertz CT molecular complexity index is 182. The molecule has 1 amide bonds. The van der Waals surface area contributed by atoms with Gasteiger partial charge in [0, 0.05) is 13.5 Å². The van der Waals surface area contributed by atoms with Crippen LogP contribution in [0.15, 0.2) is 0 Å². The summed E-state index contributed by atoms with van der Waals surface area (Å²) in [5.41, 5.74) is 0. The van der Waals surface area contributed by atoms with E-state index in [1.807, 2.05) is 0 Å². The number of nitrogens with zero attached hydrogens (tertiary/aromatic N) is 1. The van der Waals surface area contributed by atoms with Crippen molar-refractivity contribution in [3.05, 3.63) is 0 Å². The van der Waals surface area contributed by atoms with Crippen LogP contribution in [0.4, 0.5) is 0 Å². The molecule has 0 bridgehead atoms. The Morgan fingerprint density at radius 1 is 1.12 bits per heavy atom. The lowest BCUT2D eigenvalue weighted by Crippen LogP contribution is -2.30. The molecule has 4 heteroatoms. The number of likely N-dealkylation sites (tertiary alicyclic amines) is 1. The predicted molar refractivity (Wildman–Crippen MR) is 70.1 cm³/mol. The molecular formula is C12H25ClN2O. The highest BCUT2D eigenvalue weighted by atomic mass is 35.5. The van der Waals surface area contributed by atoms with Crippen molar-refractivity contribution in [2.75, 3.05) is 26.2 Å². The van der Waals surface area contributed by atoms with E-state index in [9.17, 15) is 4.79 Å². The van der Waals surface area contributed by atoms with Crippen LogP contribution in [0.2, 0.25) is 0 Å². The van der Waals surface area contributed by atoms with Gasteiger partial charge in [-0.15, -0.1) is 12.4 Å². The van der Waals surface area contributed by atoms with E-state index in [2.05, 4.69) is 10.2 Å². The lowest BCUT2D eigenvalue weighted by molar-refractivity contribution is -0.118. The first kappa shape index (κ1) is 15.7. The van der Waals surface area contributed by atoms with Crippen molar-refractivity contribution in [3.8, 4) is 0 Å². The Morgan fingerprint density at radius 2 is 1.81 bits per heavy atom. The van der Waals surface area contributed by atoms with Gasteiger partial charge in [-0.2, -0.15) is 0 Å². The standard InChI is InChI=1S/C12H24N2O.ClH/c1-12(15)13-8-4-2-5-9-14-10-6-3-7-11-14;/h2-11H2,1H3,(H,13,15);1H. The van der Waals surface area contributed by atoms with Crippen molar-refractivity contribution in [1.29, 1.82) is 0 Å². The van der Waals surface area contributed by atoms with Crippen molar-refractivity contribution in [2.24, 2.45) is 0 Å².